The van der Waals surface area contributed by atoms with Crippen molar-refractivity contribution in [2.24, 2.45) is 0 Å². The molecule has 2 N–H and O–H groups in total. The molecular formula is C16H13BrN2O. The van der Waals surface area contributed by atoms with Crippen molar-refractivity contribution in [1.29, 1.82) is 0 Å². The van der Waals surface area contributed by atoms with Gasteiger partial charge in [0.1, 0.15) is 0 Å². The first kappa shape index (κ1) is 12.9. The Kier molecular flexibility index (Phi) is 3.32. The Balaban J connectivity index is 1.89. The second-order valence-electron chi connectivity index (χ2n) is 4.72. The molecule has 0 fully saturated rings. The fraction of sp³-hybridized carbons (Fsp3) is 0.0625. The number of aromatic nitrogens is 1. The number of halogens is 1. The van der Waals surface area contributed by atoms with Crippen molar-refractivity contribution in [3.63, 3.8) is 0 Å². The second kappa shape index (κ2) is 5.13. The summed E-state index contributed by atoms with van der Waals surface area (Å²) in [4.78, 5) is 15.4. The highest BCUT2D eigenvalue weighted by molar-refractivity contribution is 9.10. The molecule has 100 valence electrons. The van der Waals surface area contributed by atoms with Crippen LogP contribution in [0.15, 0.2) is 53.1 Å². The fourth-order valence-corrected chi connectivity index (χ4v) is 2.57. The van der Waals surface area contributed by atoms with Crippen molar-refractivity contribution in [3.05, 3.63) is 64.3 Å². The zero-order chi connectivity index (χ0) is 14.1. The maximum atomic E-state index is 12.3. The Hall–Kier alpha value is -2.07. The molecule has 0 saturated carbocycles. The lowest BCUT2D eigenvalue weighted by Gasteiger charge is -2.08. The van der Waals surface area contributed by atoms with Gasteiger partial charge in [0.2, 0.25) is 0 Å². The van der Waals surface area contributed by atoms with Gasteiger partial charge in [-0.1, -0.05) is 11.6 Å². The van der Waals surface area contributed by atoms with Gasteiger partial charge in [-0.3, -0.25) is 4.79 Å². The van der Waals surface area contributed by atoms with E-state index in [-0.39, 0.29) is 5.91 Å². The van der Waals surface area contributed by atoms with Crippen molar-refractivity contribution in [1.82, 2.24) is 4.98 Å². The third-order valence-electron chi connectivity index (χ3n) is 3.18. The van der Waals surface area contributed by atoms with Crippen molar-refractivity contribution in [2.45, 2.75) is 6.92 Å². The summed E-state index contributed by atoms with van der Waals surface area (Å²) in [6, 6.07) is 13.5. The van der Waals surface area contributed by atoms with Crippen molar-refractivity contribution >= 4 is 38.4 Å². The number of carbonyl (C=O) groups excluding carboxylic acids is 1. The molecule has 0 atom stereocenters. The lowest BCUT2D eigenvalue weighted by molar-refractivity contribution is 0.102. The Labute approximate surface area is 125 Å². The van der Waals surface area contributed by atoms with E-state index < -0.39 is 0 Å². The molecular weight excluding hydrogens is 316 g/mol. The Morgan fingerprint density at radius 1 is 1.15 bits per heavy atom. The maximum Gasteiger partial charge on any atom is 0.256 e. The zero-order valence-corrected chi connectivity index (χ0v) is 12.5. The molecule has 3 rings (SSSR count). The molecule has 1 aromatic heterocycles. The number of hydrogen-bond acceptors (Lipinski definition) is 1. The number of hydrogen-bond donors (Lipinski definition) is 2. The van der Waals surface area contributed by atoms with E-state index in [1.807, 2.05) is 55.6 Å². The van der Waals surface area contributed by atoms with E-state index in [4.69, 9.17) is 0 Å². The predicted molar refractivity (Wildman–Crippen MR) is 85.1 cm³/mol. The van der Waals surface area contributed by atoms with Gasteiger partial charge in [0.25, 0.3) is 5.91 Å². The summed E-state index contributed by atoms with van der Waals surface area (Å²) < 4.78 is 0.795. The van der Waals surface area contributed by atoms with Gasteiger partial charge in [0.15, 0.2) is 0 Å². The van der Waals surface area contributed by atoms with Gasteiger partial charge in [-0.25, -0.2) is 0 Å². The predicted octanol–water partition coefficient (Wildman–Crippen LogP) is 4.49. The first-order valence-electron chi connectivity index (χ1n) is 6.28. The molecule has 0 aliphatic rings. The maximum absolute atomic E-state index is 12.3. The molecule has 1 heterocycles. The minimum atomic E-state index is -0.115. The van der Waals surface area contributed by atoms with Crippen molar-refractivity contribution in [2.75, 3.05) is 5.32 Å². The highest BCUT2D eigenvalue weighted by atomic mass is 79.9. The fourth-order valence-electron chi connectivity index (χ4n) is 2.14. The summed E-state index contributed by atoms with van der Waals surface area (Å²) in [5.74, 6) is -0.115. The van der Waals surface area contributed by atoms with Crippen LogP contribution in [0.1, 0.15) is 15.9 Å². The largest absolute Gasteiger partial charge is 0.361 e. The summed E-state index contributed by atoms with van der Waals surface area (Å²) in [5, 5.41) is 4.00. The molecule has 0 aliphatic heterocycles. The van der Waals surface area contributed by atoms with Gasteiger partial charge in [-0.15, -0.1) is 0 Å². The van der Waals surface area contributed by atoms with E-state index in [2.05, 4.69) is 26.2 Å². The number of amides is 1. The Morgan fingerprint density at radius 2 is 2.00 bits per heavy atom. The number of benzene rings is 2. The van der Waals surface area contributed by atoms with Gasteiger partial charge < -0.3 is 10.3 Å². The van der Waals surface area contributed by atoms with Crippen LogP contribution in [0.3, 0.4) is 0 Å². The molecule has 3 aromatic rings. The molecule has 0 bridgehead atoms. The molecule has 0 spiro atoms. The molecule has 1 amide bonds. The van der Waals surface area contributed by atoms with E-state index in [0.29, 0.717) is 5.56 Å². The number of nitrogens with one attached hydrogen (secondary N) is 2. The number of rotatable bonds is 2. The normalized spacial score (nSPS) is 10.7. The van der Waals surface area contributed by atoms with Crippen LogP contribution < -0.4 is 5.32 Å². The average molecular weight is 329 g/mol. The molecule has 0 unspecified atom stereocenters. The lowest BCUT2D eigenvalue weighted by atomic mass is 10.1. The van der Waals surface area contributed by atoms with Crippen LogP contribution in [0.25, 0.3) is 10.9 Å². The lowest BCUT2D eigenvalue weighted by Crippen LogP contribution is -2.12. The third kappa shape index (κ3) is 2.47. The van der Waals surface area contributed by atoms with Crippen molar-refractivity contribution < 1.29 is 4.79 Å². The van der Waals surface area contributed by atoms with Gasteiger partial charge >= 0.3 is 0 Å². The summed E-state index contributed by atoms with van der Waals surface area (Å²) in [6.07, 6.45) is 1.88. The third-order valence-corrected chi connectivity index (χ3v) is 3.87. The molecule has 0 aliphatic carbocycles. The van der Waals surface area contributed by atoms with Crippen LogP contribution in [0.2, 0.25) is 0 Å². The Bertz CT molecular complexity index is 792. The molecule has 4 heteroatoms. The number of anilines is 1. The van der Waals surface area contributed by atoms with Gasteiger partial charge in [-0.05, 0) is 59.3 Å². The molecule has 0 radical (unpaired) electrons. The van der Waals surface area contributed by atoms with Crippen molar-refractivity contribution in [3.8, 4) is 0 Å². The van der Waals surface area contributed by atoms with E-state index in [9.17, 15) is 4.79 Å². The van der Waals surface area contributed by atoms with Gasteiger partial charge in [0.05, 0.1) is 5.56 Å². The molecule has 0 saturated heterocycles. The standard InChI is InChI=1S/C16H13BrN2O/c1-10-2-4-14(17)13(8-10)16(20)19-12-3-5-15-11(9-12)6-7-18-15/h2-9,18H,1H3,(H,19,20). The molecule has 2 aromatic carbocycles. The first-order valence-corrected chi connectivity index (χ1v) is 7.07. The van der Waals surface area contributed by atoms with Crippen LogP contribution in [0.4, 0.5) is 5.69 Å². The monoisotopic (exact) mass is 328 g/mol. The first-order chi connectivity index (χ1) is 9.63. The summed E-state index contributed by atoms with van der Waals surface area (Å²) in [6.45, 7) is 1.97. The summed E-state index contributed by atoms with van der Waals surface area (Å²) in [5.41, 5.74) is 3.54. The topological polar surface area (TPSA) is 44.9 Å². The number of fused-ring (bicyclic) bond motifs is 1. The van der Waals surface area contributed by atoms with Crippen LogP contribution >= 0.6 is 15.9 Å². The van der Waals surface area contributed by atoms with Gasteiger partial charge in [0, 0.05) is 27.3 Å². The SMILES string of the molecule is Cc1ccc(Br)c(C(=O)Nc2ccc3[nH]ccc3c2)c1. The van der Waals surface area contributed by atoms with E-state index in [0.717, 1.165) is 26.6 Å². The van der Waals surface area contributed by atoms with Crippen LogP contribution in [0, 0.1) is 6.92 Å². The second-order valence-corrected chi connectivity index (χ2v) is 5.57. The smallest absolute Gasteiger partial charge is 0.256 e. The van der Waals surface area contributed by atoms with E-state index >= 15 is 0 Å². The number of carbonyl (C=O) groups is 1. The Morgan fingerprint density at radius 3 is 2.85 bits per heavy atom. The van der Waals surface area contributed by atoms with Crippen LogP contribution in [0.5, 0.6) is 0 Å². The average Bonchev–Trinajstić information content (AvgIpc) is 2.89. The number of aryl methyl sites for hydroxylation is 1. The summed E-state index contributed by atoms with van der Waals surface area (Å²) in [7, 11) is 0. The number of aromatic amines is 1. The molecule has 20 heavy (non-hydrogen) atoms. The minimum Gasteiger partial charge on any atom is -0.361 e. The van der Waals surface area contributed by atoms with E-state index in [1.54, 1.807) is 0 Å². The van der Waals surface area contributed by atoms with Crippen LogP contribution in [-0.4, -0.2) is 10.9 Å². The van der Waals surface area contributed by atoms with Crippen LogP contribution in [-0.2, 0) is 0 Å². The quantitative estimate of drug-likeness (QED) is 0.715. The van der Waals surface area contributed by atoms with E-state index in [1.165, 1.54) is 0 Å². The zero-order valence-electron chi connectivity index (χ0n) is 10.9. The number of H-pyrrole nitrogens is 1. The summed E-state index contributed by atoms with van der Waals surface area (Å²) >= 11 is 3.41. The van der Waals surface area contributed by atoms with Gasteiger partial charge in [-0.2, -0.15) is 0 Å². The highest BCUT2D eigenvalue weighted by Crippen LogP contribution is 2.22. The highest BCUT2D eigenvalue weighted by Gasteiger charge is 2.10. The molecule has 3 nitrogen and oxygen atoms in total. The minimum absolute atomic E-state index is 0.115.